The van der Waals surface area contributed by atoms with Crippen molar-refractivity contribution >= 4 is 5.91 Å². The summed E-state index contributed by atoms with van der Waals surface area (Å²) in [7, 11) is 0. The van der Waals surface area contributed by atoms with Crippen molar-refractivity contribution in [3.63, 3.8) is 0 Å². The lowest BCUT2D eigenvalue weighted by atomic mass is 9.87. The van der Waals surface area contributed by atoms with Gasteiger partial charge in [0.15, 0.2) is 0 Å². The zero-order valence-corrected chi connectivity index (χ0v) is 9.30. The summed E-state index contributed by atoms with van der Waals surface area (Å²) < 4.78 is 5.51. The zero-order valence-electron chi connectivity index (χ0n) is 9.30. The summed E-state index contributed by atoms with van der Waals surface area (Å²) >= 11 is 0. The fraction of sp³-hybridized carbons (Fsp3) is 0.900. The molecule has 5 heteroatoms. The van der Waals surface area contributed by atoms with Gasteiger partial charge in [0.2, 0.25) is 5.91 Å². The van der Waals surface area contributed by atoms with E-state index in [2.05, 4.69) is 5.32 Å². The Bertz CT molecular complexity index is 233. The maximum atomic E-state index is 10.9. The molecule has 0 aliphatic carbocycles. The van der Waals surface area contributed by atoms with E-state index in [0.717, 1.165) is 0 Å². The van der Waals surface area contributed by atoms with Crippen molar-refractivity contribution in [3.05, 3.63) is 0 Å². The molecule has 1 heterocycles. The Hall–Kier alpha value is -0.650. The van der Waals surface area contributed by atoms with Crippen LogP contribution in [0.3, 0.4) is 0 Å². The van der Waals surface area contributed by atoms with E-state index in [1.807, 2.05) is 0 Å². The Morgan fingerprint density at radius 3 is 2.53 bits per heavy atom. The molecular formula is C10H19NO4. The van der Waals surface area contributed by atoms with E-state index in [1.165, 1.54) is 6.92 Å². The predicted octanol–water partition coefficient (Wildman–Crippen LogP) is -0.732. The molecule has 1 aliphatic rings. The average molecular weight is 217 g/mol. The quantitative estimate of drug-likeness (QED) is 0.569. The molecule has 5 atom stereocenters. The summed E-state index contributed by atoms with van der Waals surface area (Å²) in [6, 6.07) is -0.403. The molecule has 0 spiro atoms. The standard InChI is InChI=1S/C10H19NO4/c1-5-8(4-12)15-6(2)9(10(5)14)11-7(3)13/h5-6,8-10,12,14H,4H2,1-3H3,(H,11,13)/t5-,6?,8?,9+,10?/m0/s1. The average Bonchev–Trinajstić information content (AvgIpc) is 2.18. The van der Waals surface area contributed by atoms with Gasteiger partial charge in [-0.15, -0.1) is 0 Å². The van der Waals surface area contributed by atoms with E-state index in [9.17, 15) is 9.90 Å². The minimum Gasteiger partial charge on any atom is -0.394 e. The highest BCUT2D eigenvalue weighted by Gasteiger charge is 2.40. The van der Waals surface area contributed by atoms with Gasteiger partial charge in [0.05, 0.1) is 31.0 Å². The highest BCUT2D eigenvalue weighted by Crippen LogP contribution is 2.25. The molecule has 0 bridgehead atoms. The van der Waals surface area contributed by atoms with Crippen molar-refractivity contribution in [2.24, 2.45) is 5.92 Å². The molecule has 15 heavy (non-hydrogen) atoms. The number of nitrogens with one attached hydrogen (secondary N) is 1. The lowest BCUT2D eigenvalue weighted by Gasteiger charge is -2.42. The van der Waals surface area contributed by atoms with Gasteiger partial charge < -0.3 is 20.3 Å². The third kappa shape index (κ3) is 2.68. The van der Waals surface area contributed by atoms with E-state index >= 15 is 0 Å². The minimum absolute atomic E-state index is 0.116. The van der Waals surface area contributed by atoms with Crippen LogP contribution in [0.1, 0.15) is 20.8 Å². The maximum absolute atomic E-state index is 10.9. The van der Waals surface area contributed by atoms with Gasteiger partial charge in [0, 0.05) is 12.8 Å². The van der Waals surface area contributed by atoms with Crippen LogP contribution in [0.15, 0.2) is 0 Å². The highest BCUT2D eigenvalue weighted by atomic mass is 16.5. The van der Waals surface area contributed by atoms with E-state index < -0.39 is 12.1 Å². The van der Waals surface area contributed by atoms with Crippen LogP contribution in [0.25, 0.3) is 0 Å². The monoisotopic (exact) mass is 217 g/mol. The topological polar surface area (TPSA) is 78.8 Å². The van der Waals surface area contributed by atoms with Crippen LogP contribution in [0.4, 0.5) is 0 Å². The Balaban J connectivity index is 2.70. The molecule has 3 N–H and O–H groups in total. The van der Waals surface area contributed by atoms with Gasteiger partial charge in [-0.3, -0.25) is 4.79 Å². The van der Waals surface area contributed by atoms with Crippen LogP contribution in [-0.4, -0.2) is 47.1 Å². The summed E-state index contributed by atoms with van der Waals surface area (Å²) in [5.74, 6) is -0.382. The second-order valence-corrected chi connectivity index (χ2v) is 4.14. The summed E-state index contributed by atoms with van der Waals surface area (Å²) in [5, 5.41) is 21.7. The first kappa shape index (κ1) is 12.4. The number of carbonyl (C=O) groups is 1. The zero-order chi connectivity index (χ0) is 11.6. The molecule has 1 fully saturated rings. The number of hydrogen-bond donors (Lipinski definition) is 3. The van der Waals surface area contributed by atoms with Crippen molar-refractivity contribution in [1.82, 2.24) is 5.32 Å². The first-order valence-electron chi connectivity index (χ1n) is 5.18. The van der Waals surface area contributed by atoms with Crippen molar-refractivity contribution in [2.75, 3.05) is 6.61 Å². The second-order valence-electron chi connectivity index (χ2n) is 4.14. The van der Waals surface area contributed by atoms with Gasteiger partial charge in [-0.05, 0) is 6.92 Å². The molecule has 0 radical (unpaired) electrons. The third-order valence-electron chi connectivity index (χ3n) is 2.94. The SMILES string of the molecule is CC(=O)N[C@@H]1C(C)OC(CO)[C@H](C)C1O. The normalized spacial score (nSPS) is 41.3. The first-order chi connectivity index (χ1) is 6.97. The van der Waals surface area contributed by atoms with Gasteiger partial charge in [-0.2, -0.15) is 0 Å². The van der Waals surface area contributed by atoms with Gasteiger partial charge in [-0.25, -0.2) is 0 Å². The lowest BCUT2D eigenvalue weighted by molar-refractivity contribution is -0.160. The number of carbonyl (C=O) groups excluding carboxylic acids is 1. The van der Waals surface area contributed by atoms with E-state index in [-0.39, 0.29) is 30.6 Å². The van der Waals surface area contributed by atoms with Crippen LogP contribution in [0.5, 0.6) is 0 Å². The highest BCUT2D eigenvalue weighted by molar-refractivity contribution is 5.73. The van der Waals surface area contributed by atoms with Crippen molar-refractivity contribution in [3.8, 4) is 0 Å². The Morgan fingerprint density at radius 1 is 1.47 bits per heavy atom. The van der Waals surface area contributed by atoms with Crippen LogP contribution < -0.4 is 5.32 Å². The molecule has 1 saturated heterocycles. The second kappa shape index (κ2) is 4.92. The number of ether oxygens (including phenoxy) is 1. The van der Waals surface area contributed by atoms with Crippen molar-refractivity contribution in [2.45, 2.75) is 45.1 Å². The Kier molecular flexibility index (Phi) is 4.07. The number of aliphatic hydroxyl groups is 2. The molecule has 3 unspecified atom stereocenters. The van der Waals surface area contributed by atoms with E-state index in [0.29, 0.717) is 0 Å². The van der Waals surface area contributed by atoms with Gasteiger partial charge in [-0.1, -0.05) is 6.92 Å². The molecule has 0 aromatic rings. The van der Waals surface area contributed by atoms with Crippen LogP contribution >= 0.6 is 0 Å². The molecule has 1 rings (SSSR count). The van der Waals surface area contributed by atoms with Crippen molar-refractivity contribution in [1.29, 1.82) is 0 Å². The van der Waals surface area contributed by atoms with Crippen molar-refractivity contribution < 1.29 is 19.7 Å². The molecule has 88 valence electrons. The third-order valence-corrected chi connectivity index (χ3v) is 2.94. The minimum atomic E-state index is -0.685. The Labute approximate surface area is 89.4 Å². The van der Waals surface area contributed by atoms with Gasteiger partial charge in [0.25, 0.3) is 0 Å². The number of rotatable bonds is 2. The fourth-order valence-corrected chi connectivity index (χ4v) is 1.96. The molecule has 0 aromatic carbocycles. The van der Waals surface area contributed by atoms with Gasteiger partial charge in [0.1, 0.15) is 0 Å². The molecule has 5 nitrogen and oxygen atoms in total. The van der Waals surface area contributed by atoms with E-state index in [4.69, 9.17) is 9.84 Å². The van der Waals surface area contributed by atoms with Crippen LogP contribution in [-0.2, 0) is 9.53 Å². The molecule has 0 aromatic heterocycles. The largest absolute Gasteiger partial charge is 0.394 e. The van der Waals surface area contributed by atoms with Crippen LogP contribution in [0.2, 0.25) is 0 Å². The Morgan fingerprint density at radius 2 is 2.07 bits per heavy atom. The number of amides is 1. The molecule has 1 amide bonds. The van der Waals surface area contributed by atoms with E-state index in [1.54, 1.807) is 13.8 Å². The van der Waals surface area contributed by atoms with Crippen LogP contribution in [0, 0.1) is 5.92 Å². The molecular weight excluding hydrogens is 198 g/mol. The fourth-order valence-electron chi connectivity index (χ4n) is 1.96. The summed E-state index contributed by atoms with van der Waals surface area (Å²) in [5.41, 5.74) is 0. The lowest BCUT2D eigenvalue weighted by Crippen LogP contribution is -2.60. The number of aliphatic hydroxyl groups excluding tert-OH is 2. The smallest absolute Gasteiger partial charge is 0.217 e. The summed E-state index contributed by atoms with van der Waals surface area (Å²) in [4.78, 5) is 10.9. The molecule has 1 aliphatic heterocycles. The summed E-state index contributed by atoms with van der Waals surface area (Å²) in [6.07, 6.45) is -1.34. The summed E-state index contributed by atoms with van der Waals surface area (Å²) in [6.45, 7) is 4.86. The first-order valence-corrected chi connectivity index (χ1v) is 5.18. The predicted molar refractivity (Wildman–Crippen MR) is 54.2 cm³/mol. The number of hydrogen-bond acceptors (Lipinski definition) is 4. The molecule has 0 saturated carbocycles. The van der Waals surface area contributed by atoms with Gasteiger partial charge >= 0.3 is 0 Å². The maximum Gasteiger partial charge on any atom is 0.217 e.